The molecule has 2 heteroatoms. The van der Waals surface area contributed by atoms with E-state index >= 15 is 0 Å². The molecule has 1 aliphatic heterocycles. The van der Waals surface area contributed by atoms with Gasteiger partial charge >= 0.3 is 0 Å². The van der Waals surface area contributed by atoms with Gasteiger partial charge in [0, 0.05) is 18.8 Å². The van der Waals surface area contributed by atoms with Gasteiger partial charge in [0.05, 0.1) is 11.6 Å². The van der Waals surface area contributed by atoms with Crippen LogP contribution in [0.4, 0.5) is 5.69 Å². The second-order valence-electron chi connectivity index (χ2n) is 4.00. The van der Waals surface area contributed by atoms with E-state index in [1.54, 1.807) is 0 Å². The predicted octanol–water partition coefficient (Wildman–Crippen LogP) is 2.72. The zero-order chi connectivity index (χ0) is 10.7. The average molecular weight is 200 g/mol. The van der Waals surface area contributed by atoms with E-state index in [4.69, 9.17) is 5.26 Å². The Labute approximate surface area is 91.1 Å². The molecule has 0 saturated carbocycles. The fraction of sp³-hybridized carbons (Fsp3) is 0.462. The van der Waals surface area contributed by atoms with Gasteiger partial charge < -0.3 is 4.90 Å². The molecule has 1 heterocycles. The molecule has 0 aliphatic carbocycles. The summed E-state index contributed by atoms with van der Waals surface area (Å²) in [4.78, 5) is 2.40. The highest BCUT2D eigenvalue weighted by Gasteiger charge is 2.13. The van der Waals surface area contributed by atoms with Crippen molar-refractivity contribution in [3.05, 3.63) is 29.3 Å². The Morgan fingerprint density at radius 2 is 2.07 bits per heavy atom. The van der Waals surface area contributed by atoms with Gasteiger partial charge in [-0.2, -0.15) is 5.26 Å². The first-order valence-corrected chi connectivity index (χ1v) is 5.63. The molecule has 1 aromatic rings. The Balaban J connectivity index is 2.30. The topological polar surface area (TPSA) is 27.0 Å². The molecule has 15 heavy (non-hydrogen) atoms. The van der Waals surface area contributed by atoms with Crippen LogP contribution >= 0.6 is 0 Å². The summed E-state index contributed by atoms with van der Waals surface area (Å²) in [6.07, 6.45) is 3.52. The van der Waals surface area contributed by atoms with Gasteiger partial charge in [-0.25, -0.2) is 0 Å². The molecular formula is C13H16N2. The minimum Gasteiger partial charge on any atom is -0.372 e. The van der Waals surface area contributed by atoms with E-state index in [0.717, 1.165) is 25.1 Å². The molecule has 0 N–H and O–H groups in total. The summed E-state index contributed by atoms with van der Waals surface area (Å²) in [6.45, 7) is 4.42. The van der Waals surface area contributed by atoms with Gasteiger partial charge in [0.1, 0.15) is 0 Å². The maximum absolute atomic E-state index is 8.94. The van der Waals surface area contributed by atoms with Gasteiger partial charge in [-0.3, -0.25) is 0 Å². The number of nitrogens with zero attached hydrogens (tertiary/aromatic N) is 2. The fourth-order valence-corrected chi connectivity index (χ4v) is 2.15. The first-order chi connectivity index (χ1) is 7.35. The molecule has 0 bridgehead atoms. The number of anilines is 1. The Morgan fingerprint density at radius 1 is 1.33 bits per heavy atom. The maximum Gasteiger partial charge on any atom is 0.0994 e. The van der Waals surface area contributed by atoms with Crippen LogP contribution in [0.15, 0.2) is 18.2 Å². The largest absolute Gasteiger partial charge is 0.372 e. The van der Waals surface area contributed by atoms with Crippen molar-refractivity contribution in [2.45, 2.75) is 26.2 Å². The molecule has 0 aromatic heterocycles. The van der Waals surface area contributed by atoms with Crippen LogP contribution in [0.5, 0.6) is 0 Å². The molecule has 0 spiro atoms. The lowest BCUT2D eigenvalue weighted by molar-refractivity contribution is 0.949. The van der Waals surface area contributed by atoms with Crippen molar-refractivity contribution in [2.75, 3.05) is 18.0 Å². The van der Waals surface area contributed by atoms with Crippen molar-refractivity contribution >= 4 is 5.69 Å². The Kier molecular flexibility index (Phi) is 2.91. The standard InChI is InChI=1S/C13H16N2/c1-2-11-9-13(6-5-12(11)10-14)15-7-3-4-8-15/h5-6,9H,2-4,7-8H2,1H3. The van der Waals surface area contributed by atoms with Crippen LogP contribution < -0.4 is 4.90 Å². The van der Waals surface area contributed by atoms with Gasteiger partial charge in [-0.1, -0.05) is 6.92 Å². The molecule has 0 radical (unpaired) electrons. The Hall–Kier alpha value is -1.49. The molecule has 2 rings (SSSR count). The lowest BCUT2D eigenvalue weighted by Gasteiger charge is -2.18. The summed E-state index contributed by atoms with van der Waals surface area (Å²) in [7, 11) is 0. The highest BCUT2D eigenvalue weighted by atomic mass is 15.1. The molecule has 0 atom stereocenters. The summed E-state index contributed by atoms with van der Waals surface area (Å²) in [5, 5.41) is 8.94. The highest BCUT2D eigenvalue weighted by molar-refractivity contribution is 5.54. The van der Waals surface area contributed by atoms with E-state index in [0.29, 0.717) is 0 Å². The van der Waals surface area contributed by atoms with Crippen LogP contribution in [0.2, 0.25) is 0 Å². The molecule has 1 aliphatic rings. The monoisotopic (exact) mass is 200 g/mol. The minimum atomic E-state index is 0.820. The van der Waals surface area contributed by atoms with Crippen molar-refractivity contribution in [3.8, 4) is 6.07 Å². The van der Waals surface area contributed by atoms with E-state index < -0.39 is 0 Å². The minimum absolute atomic E-state index is 0.820. The predicted molar refractivity (Wildman–Crippen MR) is 62.0 cm³/mol. The number of nitriles is 1. The van der Waals surface area contributed by atoms with Crippen LogP contribution in [-0.2, 0) is 6.42 Å². The summed E-state index contributed by atoms with van der Waals surface area (Å²) in [5.41, 5.74) is 3.27. The van der Waals surface area contributed by atoms with Gasteiger partial charge in [-0.15, -0.1) is 0 Å². The lowest BCUT2D eigenvalue weighted by Crippen LogP contribution is -2.17. The van der Waals surface area contributed by atoms with E-state index in [-0.39, 0.29) is 0 Å². The third kappa shape index (κ3) is 1.97. The number of aryl methyl sites for hydroxylation is 1. The molecule has 0 amide bonds. The quantitative estimate of drug-likeness (QED) is 0.734. The van der Waals surface area contributed by atoms with Crippen LogP contribution in [0.1, 0.15) is 30.9 Å². The molecular weight excluding hydrogens is 184 g/mol. The second-order valence-corrected chi connectivity index (χ2v) is 4.00. The molecule has 2 nitrogen and oxygen atoms in total. The van der Waals surface area contributed by atoms with Gasteiger partial charge in [0.25, 0.3) is 0 Å². The maximum atomic E-state index is 8.94. The Morgan fingerprint density at radius 3 is 2.67 bits per heavy atom. The SMILES string of the molecule is CCc1cc(N2CCCC2)ccc1C#N. The fourth-order valence-electron chi connectivity index (χ4n) is 2.15. The normalized spacial score (nSPS) is 15.3. The van der Waals surface area contributed by atoms with E-state index in [2.05, 4.69) is 30.0 Å². The first-order valence-electron chi connectivity index (χ1n) is 5.63. The van der Waals surface area contributed by atoms with Crippen molar-refractivity contribution < 1.29 is 0 Å². The average Bonchev–Trinajstić information content (AvgIpc) is 2.81. The molecule has 1 aromatic carbocycles. The number of rotatable bonds is 2. The van der Waals surface area contributed by atoms with E-state index in [9.17, 15) is 0 Å². The van der Waals surface area contributed by atoms with Crippen molar-refractivity contribution in [3.63, 3.8) is 0 Å². The first kappa shape index (κ1) is 10.0. The van der Waals surface area contributed by atoms with E-state index in [1.807, 2.05) is 6.07 Å². The van der Waals surface area contributed by atoms with Crippen molar-refractivity contribution in [1.82, 2.24) is 0 Å². The molecule has 1 fully saturated rings. The number of benzene rings is 1. The highest BCUT2D eigenvalue weighted by Crippen LogP contribution is 2.23. The summed E-state index contributed by atoms with van der Waals surface area (Å²) >= 11 is 0. The third-order valence-electron chi connectivity index (χ3n) is 3.06. The van der Waals surface area contributed by atoms with Crippen molar-refractivity contribution in [2.24, 2.45) is 0 Å². The number of hydrogen-bond donors (Lipinski definition) is 0. The van der Waals surface area contributed by atoms with Gasteiger partial charge in [0.15, 0.2) is 0 Å². The zero-order valence-corrected chi connectivity index (χ0v) is 9.16. The summed E-state index contributed by atoms with van der Waals surface area (Å²) < 4.78 is 0. The number of hydrogen-bond acceptors (Lipinski definition) is 2. The second kappa shape index (κ2) is 4.35. The van der Waals surface area contributed by atoms with Crippen LogP contribution in [-0.4, -0.2) is 13.1 Å². The van der Waals surface area contributed by atoms with Gasteiger partial charge in [-0.05, 0) is 43.0 Å². The third-order valence-corrected chi connectivity index (χ3v) is 3.06. The lowest BCUT2D eigenvalue weighted by atomic mass is 10.1. The molecule has 78 valence electrons. The van der Waals surface area contributed by atoms with Crippen LogP contribution in [0.25, 0.3) is 0 Å². The van der Waals surface area contributed by atoms with Crippen LogP contribution in [0.3, 0.4) is 0 Å². The Bertz CT molecular complexity index is 384. The molecule has 0 unspecified atom stereocenters. The van der Waals surface area contributed by atoms with Crippen LogP contribution in [0, 0.1) is 11.3 Å². The zero-order valence-electron chi connectivity index (χ0n) is 9.16. The summed E-state index contributed by atoms with van der Waals surface area (Å²) in [6, 6.07) is 8.44. The molecule has 1 saturated heterocycles. The van der Waals surface area contributed by atoms with E-state index in [1.165, 1.54) is 24.1 Å². The summed E-state index contributed by atoms with van der Waals surface area (Å²) in [5.74, 6) is 0. The van der Waals surface area contributed by atoms with Crippen molar-refractivity contribution in [1.29, 1.82) is 5.26 Å². The van der Waals surface area contributed by atoms with Gasteiger partial charge in [0.2, 0.25) is 0 Å². The smallest absolute Gasteiger partial charge is 0.0994 e.